The van der Waals surface area contributed by atoms with Crippen molar-refractivity contribution in [2.45, 2.75) is 39.2 Å². The van der Waals surface area contributed by atoms with Gasteiger partial charge in [0.25, 0.3) is 0 Å². The molecule has 8 heteroatoms. The number of ether oxygens (including phenoxy) is 1. The molecule has 23 heavy (non-hydrogen) atoms. The Bertz CT molecular complexity index is 547. The van der Waals surface area contributed by atoms with Gasteiger partial charge in [-0.05, 0) is 44.5 Å². The number of carbonyl (C=O) groups excluding carboxylic acids is 1. The number of rotatable bonds is 5. The molecule has 1 atom stereocenters. The molecule has 0 heterocycles. The summed E-state index contributed by atoms with van der Waals surface area (Å²) >= 11 is 0. The van der Waals surface area contributed by atoms with Crippen LogP contribution in [-0.4, -0.2) is 48.0 Å². The number of halogens is 3. The van der Waals surface area contributed by atoms with Gasteiger partial charge in [-0.25, -0.2) is 4.79 Å². The number of hydrogen-bond donors (Lipinski definition) is 2. The summed E-state index contributed by atoms with van der Waals surface area (Å²) in [5.41, 5.74) is 1.21. The van der Waals surface area contributed by atoms with Crippen molar-refractivity contribution in [2.24, 2.45) is 0 Å². The maximum absolute atomic E-state index is 12.3. The van der Waals surface area contributed by atoms with Gasteiger partial charge in [0.1, 0.15) is 5.75 Å². The van der Waals surface area contributed by atoms with Gasteiger partial charge in [-0.3, -0.25) is 0 Å². The van der Waals surface area contributed by atoms with Gasteiger partial charge < -0.3 is 20.1 Å². The summed E-state index contributed by atoms with van der Waals surface area (Å²) in [5, 5.41) is 11.4. The third kappa shape index (κ3) is 5.97. The summed E-state index contributed by atoms with van der Waals surface area (Å²) in [6.45, 7) is 4.72. The van der Waals surface area contributed by atoms with E-state index in [0.717, 1.165) is 10.5 Å². The van der Waals surface area contributed by atoms with E-state index in [1.165, 1.54) is 7.05 Å². The Labute approximate surface area is 133 Å². The fraction of sp³-hybridized carbons (Fsp3) is 0.533. The van der Waals surface area contributed by atoms with Gasteiger partial charge in [0.15, 0.2) is 6.10 Å². The number of carbonyl (C=O) groups is 1. The van der Waals surface area contributed by atoms with E-state index in [4.69, 9.17) is 9.84 Å². The maximum Gasteiger partial charge on any atom is 0.416 e. The Morgan fingerprint density at radius 1 is 1.39 bits per heavy atom. The molecule has 0 spiro atoms. The molecule has 2 N–H and O–H groups in total. The first-order chi connectivity index (χ1) is 10.5. The van der Waals surface area contributed by atoms with Crippen LogP contribution in [0.2, 0.25) is 0 Å². The van der Waals surface area contributed by atoms with Crippen LogP contribution < -0.4 is 10.1 Å². The highest BCUT2D eigenvalue weighted by atomic mass is 19.4. The van der Waals surface area contributed by atoms with Gasteiger partial charge >= 0.3 is 12.2 Å². The van der Waals surface area contributed by atoms with Crippen LogP contribution in [0.1, 0.15) is 19.4 Å². The molecule has 0 saturated carbocycles. The normalized spacial score (nSPS) is 12.9. The van der Waals surface area contributed by atoms with Gasteiger partial charge in [0.05, 0.1) is 12.6 Å². The average Bonchev–Trinajstić information content (AvgIpc) is 2.40. The van der Waals surface area contributed by atoms with Gasteiger partial charge in [0.2, 0.25) is 0 Å². The zero-order chi connectivity index (χ0) is 17.8. The summed E-state index contributed by atoms with van der Waals surface area (Å²) in [4.78, 5) is 12.6. The van der Waals surface area contributed by atoms with Crippen molar-refractivity contribution in [2.75, 3.05) is 18.9 Å². The minimum absolute atomic E-state index is 0.00382. The summed E-state index contributed by atoms with van der Waals surface area (Å²) in [6.07, 6.45) is -7.34. The first-order valence-electron chi connectivity index (χ1n) is 7.05. The number of nitrogens with zero attached hydrogens (tertiary/aromatic N) is 1. The minimum Gasteiger partial charge on any atom is -0.491 e. The molecule has 0 aromatic heterocycles. The Balaban J connectivity index is 2.68. The topological polar surface area (TPSA) is 61.8 Å². The van der Waals surface area contributed by atoms with Crippen LogP contribution in [0.5, 0.6) is 5.75 Å². The predicted molar refractivity (Wildman–Crippen MR) is 80.7 cm³/mol. The molecular weight excluding hydrogens is 313 g/mol. The molecule has 0 saturated heterocycles. The number of aryl methyl sites for hydroxylation is 1. The van der Waals surface area contributed by atoms with Crippen molar-refractivity contribution in [3.8, 4) is 5.75 Å². The molecule has 0 radical (unpaired) electrons. The van der Waals surface area contributed by atoms with E-state index in [-0.39, 0.29) is 6.10 Å². The molecule has 1 aromatic carbocycles. The fourth-order valence-corrected chi connectivity index (χ4v) is 1.78. The Hall–Kier alpha value is -1.96. The molecule has 5 nitrogen and oxygen atoms in total. The van der Waals surface area contributed by atoms with Crippen LogP contribution in [0.4, 0.5) is 23.7 Å². The molecule has 2 amide bonds. The number of alkyl halides is 3. The molecule has 0 bridgehead atoms. The molecule has 1 unspecified atom stereocenters. The Morgan fingerprint density at radius 3 is 2.48 bits per heavy atom. The second-order valence-corrected chi connectivity index (χ2v) is 5.51. The number of benzene rings is 1. The lowest BCUT2D eigenvalue weighted by Gasteiger charge is -2.23. The standard InChI is InChI=1S/C15H21F3N2O3/c1-9(2)23-12-6-5-11(7-10(12)3)19-14(22)20(4)8-13(21)15(16,17)18/h5-7,9,13,21H,8H2,1-4H3,(H,19,22). The average molecular weight is 334 g/mol. The lowest BCUT2D eigenvalue weighted by Crippen LogP contribution is -2.43. The first-order valence-corrected chi connectivity index (χ1v) is 7.05. The van der Waals surface area contributed by atoms with Gasteiger partial charge in [0, 0.05) is 12.7 Å². The third-order valence-electron chi connectivity index (χ3n) is 2.96. The number of amides is 2. The molecule has 0 aliphatic rings. The number of anilines is 1. The number of nitrogens with one attached hydrogen (secondary N) is 1. The first kappa shape index (κ1) is 19.1. The van der Waals surface area contributed by atoms with Crippen LogP contribution >= 0.6 is 0 Å². The zero-order valence-electron chi connectivity index (χ0n) is 13.4. The highest BCUT2D eigenvalue weighted by molar-refractivity contribution is 5.89. The van der Waals surface area contributed by atoms with E-state index in [9.17, 15) is 18.0 Å². The van der Waals surface area contributed by atoms with E-state index >= 15 is 0 Å². The van der Waals surface area contributed by atoms with E-state index in [0.29, 0.717) is 11.4 Å². The van der Waals surface area contributed by atoms with Crippen molar-refractivity contribution in [1.29, 1.82) is 0 Å². The SMILES string of the molecule is Cc1cc(NC(=O)N(C)CC(O)C(F)(F)F)ccc1OC(C)C. The zero-order valence-corrected chi connectivity index (χ0v) is 13.4. The van der Waals surface area contributed by atoms with E-state index in [1.807, 2.05) is 13.8 Å². The fourth-order valence-electron chi connectivity index (χ4n) is 1.78. The number of likely N-dealkylation sites (N-methyl/N-ethyl adjacent to an activating group) is 1. The molecular formula is C15H21F3N2O3. The summed E-state index contributed by atoms with van der Waals surface area (Å²) < 4.78 is 42.4. The van der Waals surface area contributed by atoms with Gasteiger partial charge in [-0.15, -0.1) is 0 Å². The van der Waals surface area contributed by atoms with Crippen molar-refractivity contribution >= 4 is 11.7 Å². The van der Waals surface area contributed by atoms with Crippen LogP contribution in [0, 0.1) is 6.92 Å². The summed E-state index contributed by atoms with van der Waals surface area (Å²) in [7, 11) is 1.17. The third-order valence-corrected chi connectivity index (χ3v) is 2.96. The second-order valence-electron chi connectivity index (χ2n) is 5.51. The smallest absolute Gasteiger partial charge is 0.416 e. The highest BCUT2D eigenvalue weighted by Crippen LogP contribution is 2.24. The van der Waals surface area contributed by atoms with Gasteiger partial charge in [-0.2, -0.15) is 13.2 Å². The molecule has 1 rings (SSSR count). The molecule has 130 valence electrons. The van der Waals surface area contributed by atoms with E-state index in [2.05, 4.69) is 5.32 Å². The van der Waals surface area contributed by atoms with Crippen molar-refractivity contribution in [3.63, 3.8) is 0 Å². The van der Waals surface area contributed by atoms with E-state index in [1.54, 1.807) is 25.1 Å². The Kier molecular flexibility index (Phi) is 6.26. The maximum atomic E-state index is 12.3. The second kappa shape index (κ2) is 7.54. The number of aliphatic hydroxyl groups excluding tert-OH is 1. The molecule has 0 aliphatic heterocycles. The number of hydrogen-bond acceptors (Lipinski definition) is 3. The van der Waals surface area contributed by atoms with Crippen LogP contribution in [-0.2, 0) is 0 Å². The largest absolute Gasteiger partial charge is 0.491 e. The highest BCUT2D eigenvalue weighted by Gasteiger charge is 2.39. The predicted octanol–water partition coefficient (Wildman–Crippen LogP) is 3.17. The monoisotopic (exact) mass is 334 g/mol. The quantitative estimate of drug-likeness (QED) is 0.869. The van der Waals surface area contributed by atoms with Gasteiger partial charge in [-0.1, -0.05) is 0 Å². The van der Waals surface area contributed by atoms with E-state index < -0.39 is 24.9 Å². The lowest BCUT2D eigenvalue weighted by atomic mass is 10.2. The van der Waals surface area contributed by atoms with Crippen LogP contribution in [0.15, 0.2) is 18.2 Å². The minimum atomic E-state index is -4.76. The lowest BCUT2D eigenvalue weighted by molar-refractivity contribution is -0.205. The number of urea groups is 1. The molecule has 0 aliphatic carbocycles. The summed E-state index contributed by atoms with van der Waals surface area (Å²) in [5.74, 6) is 0.666. The molecule has 1 aromatic rings. The van der Waals surface area contributed by atoms with Crippen molar-refractivity contribution in [3.05, 3.63) is 23.8 Å². The van der Waals surface area contributed by atoms with Crippen molar-refractivity contribution < 1.29 is 27.8 Å². The van der Waals surface area contributed by atoms with Crippen LogP contribution in [0.3, 0.4) is 0 Å². The number of aliphatic hydroxyl groups is 1. The molecule has 0 fully saturated rings. The summed E-state index contributed by atoms with van der Waals surface area (Å²) in [6, 6.07) is 4.18. The van der Waals surface area contributed by atoms with Crippen LogP contribution in [0.25, 0.3) is 0 Å². The van der Waals surface area contributed by atoms with Crippen molar-refractivity contribution in [1.82, 2.24) is 4.90 Å². The Morgan fingerprint density at radius 2 is 2.00 bits per heavy atom.